The number of quaternary nitrogens is 1. The van der Waals surface area contributed by atoms with Crippen molar-refractivity contribution < 1.29 is 42.1 Å². The van der Waals surface area contributed by atoms with Gasteiger partial charge in [0.25, 0.3) is 0 Å². The Morgan fingerprint density at radius 3 is 1.09 bits per heavy atom. The van der Waals surface area contributed by atoms with Crippen LogP contribution in [-0.2, 0) is 32.7 Å². The van der Waals surface area contributed by atoms with Crippen molar-refractivity contribution in [3.63, 3.8) is 0 Å². The minimum atomic E-state index is -4.40. The molecule has 0 bridgehead atoms. The number of unbranched alkanes of at least 4 members (excludes halogenated alkanes) is 28. The summed E-state index contributed by atoms with van der Waals surface area (Å²) in [4.78, 5) is 35.8. The van der Waals surface area contributed by atoms with E-state index in [0.717, 1.165) is 89.9 Å². The van der Waals surface area contributed by atoms with E-state index in [1.807, 2.05) is 21.1 Å². The van der Waals surface area contributed by atoms with Crippen molar-refractivity contribution in [2.24, 2.45) is 0 Å². The molecule has 450 valence electrons. The molecule has 0 aromatic heterocycles. The molecule has 0 radical (unpaired) electrons. The first-order valence-corrected chi connectivity index (χ1v) is 33.5. The molecule has 78 heavy (non-hydrogen) atoms. The summed E-state index contributed by atoms with van der Waals surface area (Å²) in [5, 5.41) is 0. The summed E-state index contributed by atoms with van der Waals surface area (Å²) in [6.07, 6.45) is 80.6. The second-order valence-electron chi connectivity index (χ2n) is 22.4. The van der Waals surface area contributed by atoms with Gasteiger partial charge in [-0.25, -0.2) is 4.57 Å². The number of phosphoric acid groups is 1. The highest BCUT2D eigenvalue weighted by atomic mass is 31.2. The number of nitrogens with zero attached hydrogens (tertiary/aromatic N) is 1. The number of ether oxygens (including phenoxy) is 2. The highest BCUT2D eigenvalue weighted by Crippen LogP contribution is 2.43. The minimum absolute atomic E-state index is 0.0254. The quantitative estimate of drug-likeness (QED) is 0.0211. The molecule has 0 heterocycles. The second kappa shape index (κ2) is 58.6. The van der Waals surface area contributed by atoms with Gasteiger partial charge in [0.05, 0.1) is 27.7 Å². The third-order valence-corrected chi connectivity index (χ3v) is 14.6. The first-order valence-electron chi connectivity index (χ1n) is 32.0. The number of likely N-dealkylation sites (N-methyl/N-ethyl adjacent to an activating group) is 1. The molecule has 0 aromatic carbocycles. The number of hydrogen-bond donors (Lipinski definition) is 1. The normalized spacial score (nSPS) is 13.9. The van der Waals surface area contributed by atoms with E-state index >= 15 is 0 Å². The zero-order valence-corrected chi connectivity index (χ0v) is 52.0. The Bertz CT molecular complexity index is 1640. The molecule has 0 spiro atoms. The maximum atomic E-state index is 12.8. The van der Waals surface area contributed by atoms with Crippen LogP contribution in [-0.4, -0.2) is 74.9 Å². The molecule has 0 amide bonds. The number of carbonyl (C=O) groups excluding carboxylic acids is 2. The molecule has 0 fully saturated rings. The number of rotatable bonds is 58. The zero-order valence-electron chi connectivity index (χ0n) is 51.1. The highest BCUT2D eigenvalue weighted by molar-refractivity contribution is 7.47. The Hall–Kier alpha value is -3.07. The molecular weight excluding hydrogens is 990 g/mol. The summed E-state index contributed by atoms with van der Waals surface area (Å²) in [5.74, 6) is -0.808. The maximum absolute atomic E-state index is 12.8. The van der Waals surface area contributed by atoms with E-state index in [1.165, 1.54) is 148 Å². The molecule has 9 nitrogen and oxygen atoms in total. The van der Waals surface area contributed by atoms with Crippen molar-refractivity contribution in [2.75, 3.05) is 47.5 Å². The van der Waals surface area contributed by atoms with Crippen molar-refractivity contribution in [3.05, 3.63) is 97.2 Å². The first kappa shape index (κ1) is 74.9. The molecule has 0 saturated heterocycles. The average molecular weight is 1110 g/mol. The van der Waals surface area contributed by atoms with Crippen LogP contribution in [0, 0.1) is 0 Å². The second-order valence-corrected chi connectivity index (χ2v) is 23.9. The Labute approximate surface area is 481 Å². The van der Waals surface area contributed by atoms with Crippen molar-refractivity contribution in [2.45, 2.75) is 277 Å². The first-order chi connectivity index (χ1) is 38.0. The van der Waals surface area contributed by atoms with Crippen LogP contribution < -0.4 is 0 Å². The van der Waals surface area contributed by atoms with Gasteiger partial charge in [-0.1, -0.05) is 259 Å². The lowest BCUT2D eigenvalue weighted by Crippen LogP contribution is -2.37. The standard InChI is InChI=1S/C68H120NO8P/c1-6-8-10-12-14-16-18-20-22-24-26-28-30-31-32-33-34-35-36-37-39-40-42-44-46-48-50-52-54-56-58-60-67(70)74-64-66(65-76-78(72,73)75-63-62-69(3,4)5)77-68(71)61-59-57-55-53-51-49-47-45-43-41-38-29-27-25-23-21-19-17-15-13-11-9-7-2/h9,11,15,17-18,20-21,23-24,26-27,29-31,41,43,66H,6-8,10,12-14,16,19,22,25,28,32-40,42,44-65H2,1-5H3/p+1/b11-9-,17-15-,20-18-,23-21-,26-24-,29-27-,31-30-,43-41-. The lowest BCUT2D eigenvalue weighted by molar-refractivity contribution is -0.870. The predicted molar refractivity (Wildman–Crippen MR) is 335 cm³/mol. The minimum Gasteiger partial charge on any atom is -0.462 e. The predicted octanol–water partition coefficient (Wildman–Crippen LogP) is 20.4. The topological polar surface area (TPSA) is 108 Å². The van der Waals surface area contributed by atoms with Crippen molar-refractivity contribution in [1.82, 2.24) is 0 Å². The molecule has 2 atom stereocenters. The van der Waals surface area contributed by atoms with Crippen LogP contribution in [0.15, 0.2) is 97.2 Å². The smallest absolute Gasteiger partial charge is 0.462 e. The number of hydrogen-bond acceptors (Lipinski definition) is 7. The average Bonchev–Trinajstić information content (AvgIpc) is 3.40. The molecular formula is C68H121NO8P+. The van der Waals surface area contributed by atoms with Crippen LogP contribution in [0.1, 0.15) is 271 Å². The van der Waals surface area contributed by atoms with Crippen molar-refractivity contribution in [3.8, 4) is 0 Å². The molecule has 0 rings (SSSR count). The van der Waals surface area contributed by atoms with Gasteiger partial charge in [0, 0.05) is 12.8 Å². The fourth-order valence-corrected chi connectivity index (χ4v) is 9.44. The summed E-state index contributed by atoms with van der Waals surface area (Å²) >= 11 is 0. The molecule has 0 aromatic rings. The van der Waals surface area contributed by atoms with Gasteiger partial charge in [-0.2, -0.15) is 0 Å². The zero-order chi connectivity index (χ0) is 57.0. The van der Waals surface area contributed by atoms with Gasteiger partial charge < -0.3 is 18.9 Å². The lowest BCUT2D eigenvalue weighted by atomic mass is 10.0. The molecule has 0 aliphatic rings. The van der Waals surface area contributed by atoms with Crippen LogP contribution >= 0.6 is 7.82 Å². The van der Waals surface area contributed by atoms with E-state index in [1.54, 1.807) is 0 Å². The lowest BCUT2D eigenvalue weighted by Gasteiger charge is -2.24. The summed E-state index contributed by atoms with van der Waals surface area (Å²) in [5.41, 5.74) is 0. The van der Waals surface area contributed by atoms with E-state index in [0.29, 0.717) is 17.4 Å². The molecule has 10 heteroatoms. The molecule has 2 unspecified atom stereocenters. The highest BCUT2D eigenvalue weighted by Gasteiger charge is 2.27. The van der Waals surface area contributed by atoms with Gasteiger partial charge in [0.15, 0.2) is 6.10 Å². The van der Waals surface area contributed by atoms with Crippen molar-refractivity contribution in [1.29, 1.82) is 0 Å². The van der Waals surface area contributed by atoms with Gasteiger partial charge in [-0.05, 0) is 96.3 Å². The van der Waals surface area contributed by atoms with E-state index in [4.69, 9.17) is 18.5 Å². The van der Waals surface area contributed by atoms with Crippen LogP contribution in [0.5, 0.6) is 0 Å². The number of carbonyl (C=O) groups is 2. The van der Waals surface area contributed by atoms with E-state index < -0.39 is 26.5 Å². The summed E-state index contributed by atoms with van der Waals surface area (Å²) in [7, 11) is 1.46. The van der Waals surface area contributed by atoms with Gasteiger partial charge in [0.1, 0.15) is 19.8 Å². The third kappa shape index (κ3) is 62.1. The summed E-state index contributed by atoms with van der Waals surface area (Å²) in [6, 6.07) is 0. The van der Waals surface area contributed by atoms with Crippen LogP contribution in [0.3, 0.4) is 0 Å². The summed E-state index contributed by atoms with van der Waals surface area (Å²) < 4.78 is 34.6. The van der Waals surface area contributed by atoms with Crippen LogP contribution in [0.25, 0.3) is 0 Å². The summed E-state index contributed by atoms with van der Waals surface area (Å²) in [6.45, 7) is 4.31. The van der Waals surface area contributed by atoms with E-state index in [-0.39, 0.29) is 32.0 Å². The fraction of sp³-hybridized carbons (Fsp3) is 0.735. The third-order valence-electron chi connectivity index (χ3n) is 13.6. The van der Waals surface area contributed by atoms with E-state index in [9.17, 15) is 19.0 Å². The Balaban J connectivity index is 4.11. The number of allylic oxidation sites excluding steroid dienone is 16. The van der Waals surface area contributed by atoms with Gasteiger partial charge in [-0.3, -0.25) is 18.6 Å². The van der Waals surface area contributed by atoms with Gasteiger partial charge >= 0.3 is 19.8 Å². The SMILES string of the molecule is CC/C=C\C/C=C\C/C=C\C/C=C\C/C=C\CCCCCCCCCC(=O)OC(COC(=O)CCCCCCCCCCCCCCCCCC/C=C\C/C=C\C/C=C\CCCCCCC)COP(=O)(O)OCC[N+](C)(C)C. The molecule has 0 aliphatic heterocycles. The van der Waals surface area contributed by atoms with Crippen molar-refractivity contribution >= 4 is 19.8 Å². The maximum Gasteiger partial charge on any atom is 0.472 e. The van der Waals surface area contributed by atoms with Crippen LogP contribution in [0.2, 0.25) is 0 Å². The fourth-order valence-electron chi connectivity index (χ4n) is 8.70. The van der Waals surface area contributed by atoms with E-state index in [2.05, 4.69) is 111 Å². The monoisotopic (exact) mass is 1110 g/mol. The number of esters is 2. The Kier molecular flexibility index (Phi) is 56.3. The molecule has 0 aliphatic carbocycles. The number of phosphoric ester groups is 1. The van der Waals surface area contributed by atoms with Crippen LogP contribution in [0.4, 0.5) is 0 Å². The largest absolute Gasteiger partial charge is 0.472 e. The molecule has 1 N–H and O–H groups in total. The van der Waals surface area contributed by atoms with Gasteiger partial charge in [0.2, 0.25) is 0 Å². The molecule has 0 saturated carbocycles. The Morgan fingerprint density at radius 1 is 0.410 bits per heavy atom. The Morgan fingerprint density at radius 2 is 0.731 bits per heavy atom. The van der Waals surface area contributed by atoms with Gasteiger partial charge in [-0.15, -0.1) is 0 Å².